The number of aliphatic hydroxyl groups is 1. The lowest BCUT2D eigenvalue weighted by Crippen LogP contribution is -2.54. The number of imidazole rings is 1. The molecule has 3 heterocycles. The zero-order valence-electron chi connectivity index (χ0n) is 24.0. The van der Waals surface area contributed by atoms with Crippen molar-refractivity contribution in [3.05, 3.63) is 55.1 Å². The summed E-state index contributed by atoms with van der Waals surface area (Å²) in [5, 5.41) is 14.4. The Labute approximate surface area is 253 Å². The first-order chi connectivity index (χ1) is 21.2. The van der Waals surface area contributed by atoms with Crippen molar-refractivity contribution in [1.29, 1.82) is 0 Å². The Bertz CT molecular complexity index is 1760. The molecule has 242 valence electrons. The van der Waals surface area contributed by atoms with Gasteiger partial charge in [-0.2, -0.15) is 13.9 Å². The van der Waals surface area contributed by atoms with Gasteiger partial charge in [-0.15, -0.1) is 0 Å². The maximum atomic E-state index is 15.5. The molecule has 0 amide bonds. The topological polar surface area (TPSA) is 173 Å². The van der Waals surface area contributed by atoms with Gasteiger partial charge in [-0.1, -0.05) is 30.3 Å². The van der Waals surface area contributed by atoms with Gasteiger partial charge in [0, 0.05) is 0 Å². The number of carbonyl (C=O) groups excluding carboxylic acids is 1. The molecular formula is C27H29F4N6O7P. The second kappa shape index (κ2) is 12.1. The average molecular weight is 657 g/mol. The van der Waals surface area contributed by atoms with Gasteiger partial charge in [-0.3, -0.25) is 13.9 Å². The van der Waals surface area contributed by atoms with Crippen molar-refractivity contribution in [3.63, 3.8) is 0 Å². The summed E-state index contributed by atoms with van der Waals surface area (Å²) < 4.78 is 96.3. The standard InChI is InChI=1S/C27H29F4N6O7P/c1-14(2)42-22(38)15(3)36-45(40,44-18-9-8-16-6-4-5-7-17(16)10-18)41-11-26(24(28)29)23(39)27(30,31)25(43-26)37-13-35-19-20(32)33-12-34-21(19)37/h4-10,12-15,23-25,39H,11H2,1-3H3,(H,36,40)(H2,32,33,34)/t15-,23+,25+,26+,45?/m0/s1. The molecule has 18 heteroatoms. The number of carbonyl (C=O) groups is 1. The SMILES string of the molecule is CC(C)OC(=O)[C@H](C)NP(=O)(OC[C@@]1(C(F)F)O[C@@H](n2cnc3c(N)ncnc32)C(F)(F)[C@@H]1O)Oc1ccc2ccccc2c1. The normalized spacial score (nSPS) is 23.4. The quantitative estimate of drug-likeness (QED) is 0.119. The van der Waals surface area contributed by atoms with Crippen molar-refractivity contribution in [1.82, 2.24) is 24.6 Å². The average Bonchev–Trinajstić information content (AvgIpc) is 3.49. The minimum absolute atomic E-state index is 0.0710. The molecule has 1 aliphatic rings. The van der Waals surface area contributed by atoms with E-state index in [1.54, 1.807) is 44.2 Å². The first kappa shape index (κ1) is 32.5. The molecule has 45 heavy (non-hydrogen) atoms. The van der Waals surface area contributed by atoms with Crippen LogP contribution >= 0.6 is 7.75 Å². The molecule has 4 N–H and O–H groups in total. The highest BCUT2D eigenvalue weighted by Gasteiger charge is 2.71. The summed E-state index contributed by atoms with van der Waals surface area (Å²) in [6, 6.07) is 10.1. The van der Waals surface area contributed by atoms with Crippen molar-refractivity contribution in [3.8, 4) is 5.75 Å². The Balaban J connectivity index is 1.48. The number of alkyl halides is 4. The number of hydrogen-bond acceptors (Lipinski definition) is 11. The lowest BCUT2D eigenvalue weighted by Gasteiger charge is -2.32. The smallest absolute Gasteiger partial charge is 0.459 e. The number of nitrogens with one attached hydrogen (secondary N) is 1. The van der Waals surface area contributed by atoms with Crippen LogP contribution in [0.5, 0.6) is 5.75 Å². The molecule has 1 fully saturated rings. The third-order valence-electron chi connectivity index (χ3n) is 6.96. The number of esters is 1. The number of aromatic nitrogens is 4. The lowest BCUT2D eigenvalue weighted by atomic mass is 9.96. The van der Waals surface area contributed by atoms with Gasteiger partial charge in [0.2, 0.25) is 6.23 Å². The molecule has 0 radical (unpaired) electrons. The first-order valence-electron chi connectivity index (χ1n) is 13.5. The van der Waals surface area contributed by atoms with Crippen molar-refractivity contribution >= 4 is 41.5 Å². The fraction of sp³-hybridized carbons (Fsp3) is 0.407. The molecule has 1 unspecified atom stereocenters. The molecule has 5 rings (SSSR count). The number of rotatable bonds is 11. The minimum atomic E-state index is -4.88. The molecule has 5 atom stereocenters. The predicted molar refractivity (Wildman–Crippen MR) is 152 cm³/mol. The van der Waals surface area contributed by atoms with E-state index in [2.05, 4.69) is 20.0 Å². The third kappa shape index (κ3) is 6.18. The number of nitrogens with zero attached hydrogens (tertiary/aromatic N) is 4. The maximum absolute atomic E-state index is 15.5. The van der Waals surface area contributed by atoms with E-state index in [0.717, 1.165) is 18.0 Å². The van der Waals surface area contributed by atoms with E-state index in [4.69, 9.17) is 24.3 Å². The van der Waals surface area contributed by atoms with Crippen LogP contribution in [0.15, 0.2) is 55.1 Å². The van der Waals surface area contributed by atoms with Gasteiger partial charge in [0.15, 0.2) is 23.2 Å². The molecule has 0 bridgehead atoms. The molecule has 1 saturated heterocycles. The molecule has 4 aromatic rings. The third-order valence-corrected chi connectivity index (χ3v) is 8.58. The van der Waals surface area contributed by atoms with Crippen LogP contribution in [-0.2, 0) is 23.4 Å². The molecule has 13 nitrogen and oxygen atoms in total. The van der Waals surface area contributed by atoms with Gasteiger partial charge < -0.3 is 24.8 Å². The Kier molecular flexibility index (Phi) is 8.76. The van der Waals surface area contributed by atoms with E-state index in [1.807, 2.05) is 0 Å². The van der Waals surface area contributed by atoms with Crippen molar-refractivity contribution < 1.29 is 50.5 Å². The van der Waals surface area contributed by atoms with Crippen LogP contribution in [0.25, 0.3) is 21.9 Å². The largest absolute Gasteiger partial charge is 0.462 e. The van der Waals surface area contributed by atoms with Crippen molar-refractivity contribution in [2.45, 2.75) is 63.2 Å². The summed E-state index contributed by atoms with van der Waals surface area (Å²) in [5.74, 6) is -5.51. The van der Waals surface area contributed by atoms with Crippen molar-refractivity contribution in [2.24, 2.45) is 0 Å². The molecule has 1 aliphatic heterocycles. The number of benzene rings is 2. The highest BCUT2D eigenvalue weighted by molar-refractivity contribution is 7.52. The molecule has 2 aromatic carbocycles. The predicted octanol–water partition coefficient (Wildman–Crippen LogP) is 4.22. The van der Waals surface area contributed by atoms with E-state index in [1.165, 1.54) is 19.1 Å². The Morgan fingerprint density at radius 3 is 2.56 bits per heavy atom. The number of nitrogen functional groups attached to an aromatic ring is 1. The summed E-state index contributed by atoms with van der Waals surface area (Å²) in [5.41, 5.74) is 1.87. The van der Waals surface area contributed by atoms with Gasteiger partial charge in [-0.05, 0) is 43.7 Å². The number of anilines is 1. The van der Waals surface area contributed by atoms with E-state index >= 15 is 8.78 Å². The number of ether oxygens (including phenoxy) is 2. The Morgan fingerprint density at radius 1 is 1.16 bits per heavy atom. The zero-order valence-corrected chi connectivity index (χ0v) is 24.9. The van der Waals surface area contributed by atoms with Crippen LogP contribution in [0.4, 0.5) is 23.4 Å². The molecule has 0 saturated carbocycles. The van der Waals surface area contributed by atoms with Gasteiger partial charge in [-0.25, -0.2) is 28.3 Å². The molecule has 0 aliphatic carbocycles. The Hall–Kier alpha value is -3.89. The first-order valence-corrected chi connectivity index (χ1v) is 15.1. The fourth-order valence-electron chi connectivity index (χ4n) is 4.71. The van der Waals surface area contributed by atoms with E-state index in [9.17, 15) is 23.2 Å². The number of hydrogen-bond donors (Lipinski definition) is 3. The fourth-order valence-corrected chi connectivity index (χ4v) is 6.23. The van der Waals surface area contributed by atoms with Gasteiger partial charge >= 0.3 is 19.6 Å². The van der Waals surface area contributed by atoms with Gasteiger partial charge in [0.25, 0.3) is 6.43 Å². The second-order valence-corrected chi connectivity index (χ2v) is 12.3. The number of nitrogens with two attached hydrogens (primary N) is 1. The van der Waals surface area contributed by atoms with Crippen LogP contribution in [0.1, 0.15) is 27.0 Å². The highest BCUT2D eigenvalue weighted by atomic mass is 31.2. The van der Waals surface area contributed by atoms with Crippen LogP contribution in [-0.4, -0.2) is 73.4 Å². The maximum Gasteiger partial charge on any atom is 0.459 e. The minimum Gasteiger partial charge on any atom is -0.462 e. The number of halogens is 4. The monoisotopic (exact) mass is 656 g/mol. The van der Waals surface area contributed by atoms with E-state index < -0.39 is 62.7 Å². The van der Waals surface area contributed by atoms with Crippen LogP contribution in [0, 0.1) is 0 Å². The molecule has 0 spiro atoms. The summed E-state index contributed by atoms with van der Waals surface area (Å²) >= 11 is 0. The lowest BCUT2D eigenvalue weighted by molar-refractivity contribution is -0.191. The number of fused-ring (bicyclic) bond motifs is 2. The van der Waals surface area contributed by atoms with Crippen LogP contribution < -0.4 is 15.3 Å². The van der Waals surface area contributed by atoms with Crippen LogP contribution in [0.3, 0.4) is 0 Å². The van der Waals surface area contributed by atoms with Gasteiger partial charge in [0.05, 0.1) is 19.0 Å². The van der Waals surface area contributed by atoms with Crippen molar-refractivity contribution in [2.75, 3.05) is 12.3 Å². The van der Waals surface area contributed by atoms with Crippen LogP contribution in [0.2, 0.25) is 0 Å². The van der Waals surface area contributed by atoms with E-state index in [-0.39, 0.29) is 22.7 Å². The summed E-state index contributed by atoms with van der Waals surface area (Å²) in [6.45, 7) is 2.80. The number of aliphatic hydroxyl groups excluding tert-OH is 1. The summed E-state index contributed by atoms with van der Waals surface area (Å²) in [7, 11) is -4.88. The van der Waals surface area contributed by atoms with E-state index in [0.29, 0.717) is 9.95 Å². The highest BCUT2D eigenvalue weighted by Crippen LogP contribution is 2.54. The molecular weight excluding hydrogens is 627 g/mol. The summed E-state index contributed by atoms with van der Waals surface area (Å²) in [4.78, 5) is 23.9. The zero-order chi connectivity index (χ0) is 32.7. The summed E-state index contributed by atoms with van der Waals surface area (Å²) in [6.07, 6.45) is -8.37. The molecule has 2 aromatic heterocycles. The second-order valence-electron chi connectivity index (χ2n) is 10.6. The van der Waals surface area contributed by atoms with Gasteiger partial charge in [0.1, 0.15) is 23.6 Å². The Morgan fingerprint density at radius 2 is 1.87 bits per heavy atom.